The Bertz CT molecular complexity index is 2500. The van der Waals surface area contributed by atoms with E-state index in [1.165, 1.54) is 44.2 Å². The summed E-state index contributed by atoms with van der Waals surface area (Å²) >= 11 is 0. The van der Waals surface area contributed by atoms with Gasteiger partial charge in [-0.25, -0.2) is 9.97 Å². The van der Waals surface area contributed by atoms with Crippen molar-refractivity contribution < 1.29 is 0 Å². The van der Waals surface area contributed by atoms with Crippen molar-refractivity contribution in [1.29, 1.82) is 0 Å². The van der Waals surface area contributed by atoms with Crippen LogP contribution < -0.4 is 0 Å². The molecule has 0 unspecified atom stereocenters. The van der Waals surface area contributed by atoms with E-state index in [1.54, 1.807) is 0 Å². The van der Waals surface area contributed by atoms with E-state index in [0.717, 1.165) is 39.2 Å². The first-order valence-corrected chi connectivity index (χ1v) is 16.8. The summed E-state index contributed by atoms with van der Waals surface area (Å²) in [6.07, 6.45) is 3.69. The Kier molecular flexibility index (Phi) is 6.80. The summed E-state index contributed by atoms with van der Waals surface area (Å²) in [5.74, 6) is 0.716. The maximum absolute atomic E-state index is 5.25. The molecule has 9 rings (SSSR count). The van der Waals surface area contributed by atoms with E-state index in [0.29, 0.717) is 5.82 Å². The zero-order valence-electron chi connectivity index (χ0n) is 27.4. The van der Waals surface area contributed by atoms with Crippen molar-refractivity contribution >= 4 is 10.8 Å². The maximum Gasteiger partial charge on any atom is 0.160 e. The molecule has 0 saturated carbocycles. The van der Waals surface area contributed by atoms with Gasteiger partial charge in [-0.05, 0) is 85.6 Å². The van der Waals surface area contributed by atoms with Crippen LogP contribution in [-0.2, 0) is 5.41 Å². The smallest absolute Gasteiger partial charge is 0.160 e. The Labute approximate surface area is 286 Å². The lowest BCUT2D eigenvalue weighted by molar-refractivity contribution is 0.661. The quantitative estimate of drug-likeness (QED) is 0.191. The van der Waals surface area contributed by atoms with Gasteiger partial charge in [0.25, 0.3) is 0 Å². The van der Waals surface area contributed by atoms with Gasteiger partial charge < -0.3 is 0 Å². The molecule has 1 aliphatic rings. The zero-order chi connectivity index (χ0) is 33.0. The summed E-state index contributed by atoms with van der Waals surface area (Å²) in [4.78, 5) is 14.6. The first-order chi connectivity index (χ1) is 24.0. The predicted octanol–water partition coefficient (Wildman–Crippen LogP) is 11.7. The van der Waals surface area contributed by atoms with E-state index in [2.05, 4.69) is 152 Å². The molecule has 3 nitrogen and oxygen atoms in total. The highest BCUT2D eigenvalue weighted by molar-refractivity contribution is 5.98. The van der Waals surface area contributed by atoms with Crippen molar-refractivity contribution in [3.63, 3.8) is 0 Å². The van der Waals surface area contributed by atoms with Gasteiger partial charge >= 0.3 is 0 Å². The SMILES string of the molecule is CC1(C)c2cc3ccccc3cc2-c2c(-c3cc(-c4ccc(-c5ccccc5-c5ccncc5)cc4)nc(-c4ccccc4)n3)cccc21. The molecule has 3 heteroatoms. The molecule has 0 bridgehead atoms. The molecule has 2 heterocycles. The molecule has 49 heavy (non-hydrogen) atoms. The van der Waals surface area contributed by atoms with Gasteiger partial charge in [0.15, 0.2) is 5.82 Å². The first-order valence-electron chi connectivity index (χ1n) is 16.8. The molecule has 0 fully saturated rings. The highest BCUT2D eigenvalue weighted by Crippen LogP contribution is 2.53. The summed E-state index contributed by atoms with van der Waals surface area (Å²) in [6.45, 7) is 4.68. The maximum atomic E-state index is 5.25. The van der Waals surface area contributed by atoms with E-state index >= 15 is 0 Å². The van der Waals surface area contributed by atoms with Crippen LogP contribution in [0.2, 0.25) is 0 Å². The summed E-state index contributed by atoms with van der Waals surface area (Å²) < 4.78 is 0. The van der Waals surface area contributed by atoms with E-state index in [4.69, 9.17) is 9.97 Å². The van der Waals surface area contributed by atoms with Gasteiger partial charge in [-0.1, -0.05) is 135 Å². The third-order valence-corrected chi connectivity index (χ3v) is 10.0. The van der Waals surface area contributed by atoms with E-state index in [1.807, 2.05) is 30.6 Å². The van der Waals surface area contributed by atoms with Crippen LogP contribution in [-0.4, -0.2) is 15.0 Å². The van der Waals surface area contributed by atoms with Crippen LogP contribution in [0.3, 0.4) is 0 Å². The second-order valence-corrected chi connectivity index (χ2v) is 13.3. The van der Waals surface area contributed by atoms with E-state index < -0.39 is 0 Å². The number of benzene rings is 6. The van der Waals surface area contributed by atoms with Crippen molar-refractivity contribution in [2.45, 2.75) is 19.3 Å². The third-order valence-electron chi connectivity index (χ3n) is 10.0. The topological polar surface area (TPSA) is 38.7 Å². The molecule has 2 aromatic heterocycles. The summed E-state index contributed by atoms with van der Waals surface area (Å²) in [5, 5.41) is 2.52. The molecule has 0 radical (unpaired) electrons. The van der Waals surface area contributed by atoms with Crippen molar-refractivity contribution in [3.8, 4) is 67.3 Å². The number of nitrogens with zero attached hydrogens (tertiary/aromatic N) is 3. The van der Waals surface area contributed by atoms with Gasteiger partial charge in [-0.15, -0.1) is 0 Å². The van der Waals surface area contributed by atoms with Crippen molar-refractivity contribution in [2.75, 3.05) is 0 Å². The fraction of sp³-hybridized carbons (Fsp3) is 0.0652. The standard InChI is InChI=1S/C46H33N3/c1-46(2)40-18-10-17-38(44(40)39-27-34-13-6-7-14-35(34)28-41(39)46)43-29-42(48-45(49-43)33-11-4-3-5-12-33)32-21-19-30(20-22-32)36-15-8-9-16-37(36)31-23-25-47-26-24-31/h3-29H,1-2H3. The molecule has 0 atom stereocenters. The van der Waals surface area contributed by atoms with Crippen LogP contribution in [0.5, 0.6) is 0 Å². The third kappa shape index (κ3) is 4.94. The molecular formula is C46H33N3. The van der Waals surface area contributed by atoms with E-state index in [-0.39, 0.29) is 5.41 Å². The largest absolute Gasteiger partial charge is 0.265 e. The van der Waals surface area contributed by atoms with Crippen molar-refractivity contribution in [1.82, 2.24) is 15.0 Å². The Morgan fingerprint density at radius 3 is 1.73 bits per heavy atom. The van der Waals surface area contributed by atoms with Crippen LogP contribution in [0.25, 0.3) is 78.1 Å². The number of rotatable bonds is 5. The second-order valence-electron chi connectivity index (χ2n) is 13.3. The van der Waals surface area contributed by atoms with Gasteiger partial charge in [0.2, 0.25) is 0 Å². The average molecular weight is 628 g/mol. The van der Waals surface area contributed by atoms with Gasteiger partial charge in [0.05, 0.1) is 11.4 Å². The number of aromatic nitrogens is 3. The molecule has 0 amide bonds. The highest BCUT2D eigenvalue weighted by Gasteiger charge is 2.37. The van der Waals surface area contributed by atoms with Gasteiger partial charge in [-0.2, -0.15) is 0 Å². The monoisotopic (exact) mass is 627 g/mol. The molecular weight excluding hydrogens is 595 g/mol. The highest BCUT2D eigenvalue weighted by atomic mass is 14.9. The average Bonchev–Trinajstić information content (AvgIpc) is 3.39. The number of hydrogen-bond acceptors (Lipinski definition) is 3. The molecule has 8 aromatic rings. The first kappa shape index (κ1) is 29.0. The van der Waals surface area contributed by atoms with Gasteiger partial charge in [0.1, 0.15) is 0 Å². The minimum absolute atomic E-state index is 0.134. The number of hydrogen-bond donors (Lipinski definition) is 0. The van der Waals surface area contributed by atoms with Gasteiger partial charge in [-0.3, -0.25) is 4.98 Å². The lowest BCUT2D eigenvalue weighted by Crippen LogP contribution is -2.14. The van der Waals surface area contributed by atoms with E-state index in [9.17, 15) is 0 Å². The Balaban J connectivity index is 1.20. The molecule has 1 aliphatic carbocycles. The van der Waals surface area contributed by atoms with Crippen molar-refractivity contribution in [3.05, 3.63) is 175 Å². The lowest BCUT2D eigenvalue weighted by Gasteiger charge is -2.22. The summed E-state index contributed by atoms with van der Waals surface area (Å²) in [7, 11) is 0. The van der Waals surface area contributed by atoms with Gasteiger partial charge in [0, 0.05) is 34.5 Å². The molecule has 6 aromatic carbocycles. The molecule has 0 spiro atoms. The number of pyridine rings is 1. The molecule has 0 aliphatic heterocycles. The number of fused-ring (bicyclic) bond motifs is 4. The fourth-order valence-corrected chi connectivity index (χ4v) is 7.47. The molecule has 0 N–H and O–H groups in total. The normalized spacial score (nSPS) is 12.9. The van der Waals surface area contributed by atoms with Crippen LogP contribution in [0, 0.1) is 0 Å². The molecule has 0 saturated heterocycles. The minimum atomic E-state index is -0.134. The van der Waals surface area contributed by atoms with Crippen LogP contribution in [0.4, 0.5) is 0 Å². The fourth-order valence-electron chi connectivity index (χ4n) is 7.47. The lowest BCUT2D eigenvalue weighted by atomic mass is 9.81. The zero-order valence-corrected chi connectivity index (χ0v) is 27.4. The summed E-state index contributed by atoms with van der Waals surface area (Å²) in [5.41, 5.74) is 14.7. The second kappa shape index (κ2) is 11.5. The van der Waals surface area contributed by atoms with Crippen LogP contribution in [0.1, 0.15) is 25.0 Å². The Morgan fingerprint density at radius 2 is 1.00 bits per heavy atom. The Morgan fingerprint density at radius 1 is 0.408 bits per heavy atom. The van der Waals surface area contributed by atoms with Crippen LogP contribution >= 0.6 is 0 Å². The minimum Gasteiger partial charge on any atom is -0.265 e. The predicted molar refractivity (Wildman–Crippen MR) is 202 cm³/mol. The summed E-state index contributed by atoms with van der Waals surface area (Å²) in [6, 6.07) is 53.9. The molecule has 232 valence electrons. The Hall–Kier alpha value is -6.19. The van der Waals surface area contributed by atoms with Crippen LogP contribution in [0.15, 0.2) is 164 Å². The van der Waals surface area contributed by atoms with Crippen molar-refractivity contribution in [2.24, 2.45) is 0 Å².